The van der Waals surface area contributed by atoms with E-state index in [2.05, 4.69) is 4.98 Å². The van der Waals surface area contributed by atoms with Crippen LogP contribution in [0.1, 0.15) is 27.0 Å². The molecule has 0 aliphatic carbocycles. The van der Waals surface area contributed by atoms with Crippen LogP contribution in [0.4, 0.5) is 0 Å². The number of Topliss-reactive ketones (excluding diaryl/α,β-unsaturated/α-hetero) is 1. The SMILES string of the molecule is CC(=O)c1sccc1-c1cncc(C=O)c1. The second-order valence-electron chi connectivity index (χ2n) is 3.34. The average Bonchev–Trinajstić information content (AvgIpc) is 2.78. The van der Waals surface area contributed by atoms with E-state index < -0.39 is 0 Å². The van der Waals surface area contributed by atoms with Gasteiger partial charge in [0.05, 0.1) is 4.88 Å². The summed E-state index contributed by atoms with van der Waals surface area (Å²) in [6, 6.07) is 3.60. The van der Waals surface area contributed by atoms with Crippen LogP contribution in [0.15, 0.2) is 29.9 Å². The number of nitrogens with zero attached hydrogens (tertiary/aromatic N) is 1. The zero-order valence-corrected chi connectivity index (χ0v) is 9.45. The highest BCUT2D eigenvalue weighted by molar-refractivity contribution is 7.12. The topological polar surface area (TPSA) is 47.0 Å². The summed E-state index contributed by atoms with van der Waals surface area (Å²) in [5.74, 6) is 0.0292. The van der Waals surface area contributed by atoms with Gasteiger partial charge in [-0.3, -0.25) is 14.6 Å². The maximum Gasteiger partial charge on any atom is 0.170 e. The molecule has 0 amide bonds. The third-order valence-corrected chi connectivity index (χ3v) is 3.21. The van der Waals surface area contributed by atoms with Gasteiger partial charge >= 0.3 is 0 Å². The van der Waals surface area contributed by atoms with E-state index >= 15 is 0 Å². The van der Waals surface area contributed by atoms with Gasteiger partial charge in [-0.1, -0.05) is 0 Å². The van der Waals surface area contributed by atoms with E-state index in [1.54, 1.807) is 12.3 Å². The fourth-order valence-corrected chi connectivity index (χ4v) is 2.30. The zero-order chi connectivity index (χ0) is 11.5. The molecule has 0 bridgehead atoms. The number of carbonyl (C=O) groups is 2. The molecule has 0 unspecified atom stereocenters. The van der Waals surface area contributed by atoms with E-state index in [9.17, 15) is 9.59 Å². The molecule has 2 heterocycles. The van der Waals surface area contributed by atoms with E-state index in [1.807, 2.05) is 11.4 Å². The quantitative estimate of drug-likeness (QED) is 0.602. The number of carbonyl (C=O) groups excluding carboxylic acids is 2. The lowest BCUT2D eigenvalue weighted by Crippen LogP contribution is -1.91. The van der Waals surface area contributed by atoms with Crippen LogP contribution in [0.25, 0.3) is 11.1 Å². The zero-order valence-electron chi connectivity index (χ0n) is 8.64. The first-order valence-corrected chi connectivity index (χ1v) is 5.59. The molecule has 0 radical (unpaired) electrons. The molecule has 4 heteroatoms. The number of hydrogen-bond donors (Lipinski definition) is 0. The molecule has 0 spiro atoms. The van der Waals surface area contributed by atoms with Crippen LogP contribution in [0.2, 0.25) is 0 Å². The largest absolute Gasteiger partial charge is 0.298 e. The first-order valence-electron chi connectivity index (χ1n) is 4.71. The van der Waals surface area contributed by atoms with Crippen molar-refractivity contribution in [3.8, 4) is 11.1 Å². The second kappa shape index (κ2) is 4.37. The molecule has 0 saturated carbocycles. The number of rotatable bonds is 3. The Bertz CT molecular complexity index is 545. The Kier molecular flexibility index (Phi) is 2.92. The van der Waals surface area contributed by atoms with Crippen LogP contribution in [-0.4, -0.2) is 17.1 Å². The van der Waals surface area contributed by atoms with Crippen molar-refractivity contribution in [2.24, 2.45) is 0 Å². The highest BCUT2D eigenvalue weighted by Crippen LogP contribution is 2.28. The molecule has 0 fully saturated rings. The standard InChI is InChI=1S/C12H9NO2S/c1-8(15)12-11(2-3-16-12)10-4-9(7-14)5-13-6-10/h2-7H,1H3. The third kappa shape index (κ3) is 1.92. The lowest BCUT2D eigenvalue weighted by Gasteiger charge is -2.01. The highest BCUT2D eigenvalue weighted by Gasteiger charge is 2.11. The summed E-state index contributed by atoms with van der Waals surface area (Å²) in [6.07, 6.45) is 3.90. The lowest BCUT2D eigenvalue weighted by molar-refractivity contribution is 0.102. The summed E-state index contributed by atoms with van der Waals surface area (Å²) in [5.41, 5.74) is 2.16. The minimum absolute atomic E-state index is 0.0292. The predicted octanol–water partition coefficient (Wildman–Crippen LogP) is 2.83. The molecule has 0 atom stereocenters. The summed E-state index contributed by atoms with van der Waals surface area (Å²) in [7, 11) is 0. The van der Waals surface area contributed by atoms with Gasteiger partial charge in [-0.05, 0) is 24.4 Å². The van der Waals surface area contributed by atoms with Gasteiger partial charge in [0.15, 0.2) is 12.1 Å². The van der Waals surface area contributed by atoms with E-state index in [4.69, 9.17) is 0 Å². The average molecular weight is 231 g/mol. The molecule has 0 saturated heterocycles. The van der Waals surface area contributed by atoms with Gasteiger partial charge < -0.3 is 0 Å². The maximum absolute atomic E-state index is 11.4. The fraction of sp³-hybridized carbons (Fsp3) is 0.0833. The molecule has 0 aliphatic heterocycles. The fourth-order valence-electron chi connectivity index (χ4n) is 1.48. The molecule has 2 aromatic heterocycles. The van der Waals surface area contributed by atoms with Gasteiger partial charge in [0.25, 0.3) is 0 Å². The summed E-state index contributed by atoms with van der Waals surface area (Å²) in [6.45, 7) is 1.53. The number of thiophene rings is 1. The van der Waals surface area contributed by atoms with Crippen molar-refractivity contribution >= 4 is 23.4 Å². The summed E-state index contributed by atoms with van der Waals surface area (Å²) < 4.78 is 0. The van der Waals surface area contributed by atoms with Crippen LogP contribution in [0.5, 0.6) is 0 Å². The summed E-state index contributed by atoms with van der Waals surface area (Å²) in [5, 5.41) is 1.86. The normalized spacial score (nSPS) is 10.1. The smallest absolute Gasteiger partial charge is 0.170 e. The van der Waals surface area contributed by atoms with Crippen molar-refractivity contribution in [2.45, 2.75) is 6.92 Å². The van der Waals surface area contributed by atoms with E-state index in [-0.39, 0.29) is 5.78 Å². The number of ketones is 1. The first kappa shape index (κ1) is 10.7. The molecule has 16 heavy (non-hydrogen) atoms. The van der Waals surface area contributed by atoms with Gasteiger partial charge in [-0.25, -0.2) is 0 Å². The summed E-state index contributed by atoms with van der Waals surface area (Å²) in [4.78, 5) is 26.7. The van der Waals surface area contributed by atoms with Crippen molar-refractivity contribution in [2.75, 3.05) is 0 Å². The minimum atomic E-state index is 0.0292. The third-order valence-electron chi connectivity index (χ3n) is 2.19. The Morgan fingerprint density at radius 1 is 1.44 bits per heavy atom. The minimum Gasteiger partial charge on any atom is -0.298 e. The van der Waals surface area contributed by atoms with E-state index in [0.717, 1.165) is 17.4 Å². The highest BCUT2D eigenvalue weighted by atomic mass is 32.1. The van der Waals surface area contributed by atoms with Gasteiger partial charge in [0.1, 0.15) is 0 Å². The summed E-state index contributed by atoms with van der Waals surface area (Å²) >= 11 is 1.40. The lowest BCUT2D eigenvalue weighted by atomic mass is 10.1. The van der Waals surface area contributed by atoms with Crippen LogP contribution in [-0.2, 0) is 0 Å². The Balaban J connectivity index is 2.54. The Hall–Kier alpha value is -1.81. The van der Waals surface area contributed by atoms with Crippen molar-refractivity contribution < 1.29 is 9.59 Å². The van der Waals surface area contributed by atoms with Gasteiger partial charge in [0.2, 0.25) is 0 Å². The van der Waals surface area contributed by atoms with Crippen LogP contribution in [0, 0.1) is 0 Å². The van der Waals surface area contributed by atoms with E-state index in [0.29, 0.717) is 10.4 Å². The number of aromatic nitrogens is 1. The molecule has 80 valence electrons. The molecule has 3 nitrogen and oxygen atoms in total. The van der Waals surface area contributed by atoms with Crippen LogP contribution < -0.4 is 0 Å². The van der Waals surface area contributed by atoms with Crippen molar-refractivity contribution in [1.29, 1.82) is 0 Å². The van der Waals surface area contributed by atoms with Gasteiger partial charge in [0, 0.05) is 29.1 Å². The Labute approximate surface area is 96.8 Å². The first-order chi connectivity index (χ1) is 7.72. The van der Waals surface area contributed by atoms with Gasteiger partial charge in [-0.2, -0.15) is 0 Å². The van der Waals surface area contributed by atoms with Crippen molar-refractivity contribution in [1.82, 2.24) is 4.98 Å². The van der Waals surface area contributed by atoms with Crippen LogP contribution >= 0.6 is 11.3 Å². The number of hydrogen-bond acceptors (Lipinski definition) is 4. The molecule has 2 aromatic rings. The van der Waals surface area contributed by atoms with E-state index in [1.165, 1.54) is 24.5 Å². The molecule has 0 aromatic carbocycles. The van der Waals surface area contributed by atoms with Gasteiger partial charge in [-0.15, -0.1) is 11.3 Å². The Morgan fingerprint density at radius 3 is 2.94 bits per heavy atom. The Morgan fingerprint density at radius 2 is 2.25 bits per heavy atom. The molecule has 0 aliphatic rings. The molecule has 2 rings (SSSR count). The molecule has 0 N–H and O–H groups in total. The molecular weight excluding hydrogens is 222 g/mol. The molecular formula is C12H9NO2S. The van der Waals surface area contributed by atoms with Crippen molar-refractivity contribution in [3.63, 3.8) is 0 Å². The number of pyridine rings is 1. The van der Waals surface area contributed by atoms with Crippen LogP contribution in [0.3, 0.4) is 0 Å². The number of aldehydes is 1. The predicted molar refractivity (Wildman–Crippen MR) is 62.9 cm³/mol. The maximum atomic E-state index is 11.4. The monoisotopic (exact) mass is 231 g/mol. The van der Waals surface area contributed by atoms with Crippen molar-refractivity contribution in [3.05, 3.63) is 40.3 Å². The second-order valence-corrected chi connectivity index (χ2v) is 4.26.